The van der Waals surface area contributed by atoms with Gasteiger partial charge in [0.15, 0.2) is 0 Å². The molecule has 0 aromatic heterocycles. The third kappa shape index (κ3) is 9.38. The van der Waals surface area contributed by atoms with Crippen LogP contribution < -0.4 is 31.4 Å². The van der Waals surface area contributed by atoms with Gasteiger partial charge in [-0.2, -0.15) is 10.2 Å². The van der Waals surface area contributed by atoms with Crippen molar-refractivity contribution < 1.29 is 17.1 Å². The average Bonchev–Trinajstić information content (AvgIpc) is 3.14. The Morgan fingerprint density at radius 1 is 0.551 bits per heavy atom. The Hall–Kier alpha value is -4.43. The van der Waals surface area contributed by atoms with Crippen LogP contribution in [0.15, 0.2) is 166 Å². The SMILES string of the molecule is CN/C([S-])=N/N=C(/C(=N/N=C(\[S-])NC[P+](c1ccccc1)(c1ccccc1)c1ccccc1)c1ccccc1)c1ccc(N(C)C)cc1.[Cu+2]. The van der Waals surface area contributed by atoms with Crippen molar-refractivity contribution in [3.05, 3.63) is 157 Å². The van der Waals surface area contributed by atoms with Crippen molar-refractivity contribution in [3.63, 3.8) is 0 Å². The number of hydrogen-bond donors (Lipinski definition) is 2. The Bertz CT molecular complexity index is 1790. The zero-order valence-corrected chi connectivity index (χ0v) is 30.8. The van der Waals surface area contributed by atoms with E-state index in [1.165, 1.54) is 15.9 Å². The van der Waals surface area contributed by atoms with Crippen LogP contribution in [0.4, 0.5) is 5.69 Å². The molecule has 0 aliphatic heterocycles. The van der Waals surface area contributed by atoms with Crippen LogP contribution in [0, 0.1) is 0 Å². The minimum atomic E-state index is -2.19. The molecule has 0 aliphatic carbocycles. The summed E-state index contributed by atoms with van der Waals surface area (Å²) in [6, 6.07) is 49.6. The molecule has 5 aromatic carbocycles. The second-order valence-corrected chi connectivity index (χ2v) is 15.2. The van der Waals surface area contributed by atoms with Crippen LogP contribution in [-0.4, -0.2) is 49.2 Å². The van der Waals surface area contributed by atoms with Crippen molar-refractivity contribution in [1.29, 1.82) is 0 Å². The van der Waals surface area contributed by atoms with Gasteiger partial charge in [0.1, 0.15) is 40.9 Å². The van der Waals surface area contributed by atoms with E-state index < -0.39 is 7.26 Å². The minimum absolute atomic E-state index is 0. The predicted molar refractivity (Wildman–Crippen MR) is 212 cm³/mol. The van der Waals surface area contributed by atoms with E-state index in [0.717, 1.165) is 16.8 Å². The molecule has 0 saturated carbocycles. The smallest absolute Gasteiger partial charge is 0.741 e. The number of nitrogens with zero attached hydrogens (tertiary/aromatic N) is 5. The number of rotatable bonds is 11. The minimum Gasteiger partial charge on any atom is -0.741 e. The van der Waals surface area contributed by atoms with Gasteiger partial charge in [-0.3, -0.25) is 0 Å². The molecule has 5 aromatic rings. The Balaban J connectivity index is 0.00000541. The summed E-state index contributed by atoms with van der Waals surface area (Å²) < 4.78 is 0. The maximum Gasteiger partial charge on any atom is 2.00 e. The van der Waals surface area contributed by atoms with E-state index in [9.17, 15) is 0 Å². The number of hydrogen-bond acceptors (Lipinski definition) is 7. The summed E-state index contributed by atoms with van der Waals surface area (Å²) in [7, 11) is 3.52. The summed E-state index contributed by atoms with van der Waals surface area (Å²) in [4.78, 5) is 2.04. The zero-order valence-electron chi connectivity index (χ0n) is 27.4. The Kier molecular flexibility index (Phi) is 14.0. The van der Waals surface area contributed by atoms with Crippen molar-refractivity contribution in [2.45, 2.75) is 0 Å². The fourth-order valence-electron chi connectivity index (χ4n) is 5.23. The molecule has 11 heteroatoms. The Labute approximate surface area is 311 Å². The van der Waals surface area contributed by atoms with Gasteiger partial charge in [0, 0.05) is 43.1 Å². The molecule has 0 atom stereocenters. The first-order chi connectivity index (χ1) is 23.4. The van der Waals surface area contributed by atoms with Gasteiger partial charge in [-0.1, -0.05) is 97.1 Å². The molecule has 251 valence electrons. The first-order valence-corrected chi connectivity index (χ1v) is 18.2. The first kappa shape index (κ1) is 37.4. The summed E-state index contributed by atoms with van der Waals surface area (Å²) in [6.45, 7) is 0. The van der Waals surface area contributed by atoms with Crippen LogP contribution in [0.25, 0.3) is 0 Å². The molecule has 49 heavy (non-hydrogen) atoms. The topological polar surface area (TPSA) is 76.7 Å². The molecule has 0 aliphatic rings. The molecule has 7 nitrogen and oxygen atoms in total. The number of benzene rings is 5. The van der Waals surface area contributed by atoms with Gasteiger partial charge in [-0.05, 0) is 53.7 Å². The third-order valence-corrected chi connectivity index (χ3v) is 12.4. The summed E-state index contributed by atoms with van der Waals surface area (Å²) in [5, 5.41) is 28.7. The van der Waals surface area contributed by atoms with Gasteiger partial charge >= 0.3 is 17.1 Å². The number of amidine groups is 2. The molecule has 5 rings (SSSR count). The fourth-order valence-corrected chi connectivity index (χ4v) is 9.36. The maximum absolute atomic E-state index is 5.85. The first-order valence-electron chi connectivity index (χ1n) is 15.4. The fraction of sp³-hybridized carbons (Fsp3) is 0.105. The predicted octanol–water partition coefficient (Wildman–Crippen LogP) is 5.42. The van der Waals surface area contributed by atoms with Crippen LogP contribution in [0.3, 0.4) is 0 Å². The van der Waals surface area contributed by atoms with E-state index in [1.54, 1.807) is 7.05 Å². The second-order valence-electron chi connectivity index (χ2n) is 10.9. The summed E-state index contributed by atoms with van der Waals surface area (Å²) >= 11 is 11.1. The maximum atomic E-state index is 5.85. The molecule has 0 heterocycles. The van der Waals surface area contributed by atoms with Crippen LogP contribution in [0.2, 0.25) is 0 Å². The molecule has 0 amide bonds. The molecule has 2 N–H and O–H groups in total. The zero-order chi connectivity index (χ0) is 33.8. The third-order valence-electron chi connectivity index (χ3n) is 7.68. The van der Waals surface area contributed by atoms with E-state index in [0.29, 0.717) is 17.7 Å². The van der Waals surface area contributed by atoms with Crippen LogP contribution in [0.5, 0.6) is 0 Å². The van der Waals surface area contributed by atoms with Crippen molar-refractivity contribution in [1.82, 2.24) is 10.6 Å². The van der Waals surface area contributed by atoms with Gasteiger partial charge in [-0.25, -0.2) is 0 Å². The molecule has 0 spiro atoms. The number of nitrogens with one attached hydrogen (secondary N) is 2. The molecule has 0 saturated heterocycles. The van der Waals surface area contributed by atoms with Gasteiger partial charge in [0.05, 0.1) is 0 Å². The Morgan fingerprint density at radius 3 is 1.35 bits per heavy atom. The summed E-state index contributed by atoms with van der Waals surface area (Å²) in [5.74, 6) is 0. The second kappa shape index (κ2) is 18.4. The van der Waals surface area contributed by atoms with Crippen molar-refractivity contribution >= 4 is 75.9 Å². The van der Waals surface area contributed by atoms with E-state index in [-0.39, 0.29) is 27.4 Å². The molecular weight excluding hydrogens is 713 g/mol. The van der Waals surface area contributed by atoms with Gasteiger partial charge in [0.25, 0.3) is 0 Å². The summed E-state index contributed by atoms with van der Waals surface area (Å²) in [5.41, 5.74) is 3.69. The van der Waals surface area contributed by atoms with Gasteiger partial charge in [0.2, 0.25) is 0 Å². The standard InChI is InChI=1S/C38H38N7PS2.Cu/c1-39-37(47)43-41-36(30-24-26-31(27-25-30)45(2)3)35(29-16-8-4-9-17-29)42-44-38(48)40-28-46(32-18-10-5-11-19-32,33-20-12-6-13-21-33)34-22-14-7-15-23-34;/h4-27H,28H2,1-3H3,(H3-,39,40,41,42,43,44,47,48);/q;+2/p-1. The van der Waals surface area contributed by atoms with Crippen LogP contribution in [0.1, 0.15) is 11.1 Å². The summed E-state index contributed by atoms with van der Waals surface area (Å²) in [6.07, 6.45) is 0.558. The van der Waals surface area contributed by atoms with E-state index in [2.05, 4.69) is 98.7 Å². The van der Waals surface area contributed by atoms with E-state index in [4.69, 9.17) is 30.4 Å². The van der Waals surface area contributed by atoms with Crippen LogP contribution >= 0.6 is 7.26 Å². The van der Waals surface area contributed by atoms with Crippen LogP contribution in [-0.2, 0) is 42.3 Å². The van der Waals surface area contributed by atoms with E-state index >= 15 is 0 Å². The van der Waals surface area contributed by atoms with E-state index in [1.807, 2.05) is 91.8 Å². The molecule has 0 fully saturated rings. The average molecular weight is 750 g/mol. The largest absolute Gasteiger partial charge is 2.00 e. The van der Waals surface area contributed by atoms with Gasteiger partial charge in [-0.15, -0.1) is 10.2 Å². The monoisotopic (exact) mass is 749 g/mol. The normalized spacial score (nSPS) is 12.6. The number of anilines is 1. The van der Waals surface area contributed by atoms with Gasteiger partial charge < -0.3 is 40.8 Å². The molecular formula is C38H37CuN7PS2+. The van der Waals surface area contributed by atoms with Crippen molar-refractivity contribution in [3.8, 4) is 0 Å². The molecule has 0 unspecified atom stereocenters. The van der Waals surface area contributed by atoms with Crippen molar-refractivity contribution in [2.24, 2.45) is 20.4 Å². The Morgan fingerprint density at radius 2 is 0.939 bits per heavy atom. The van der Waals surface area contributed by atoms with Crippen molar-refractivity contribution in [2.75, 3.05) is 32.3 Å². The quantitative estimate of drug-likeness (QED) is 0.0471. The molecule has 0 bridgehead atoms. The molecule has 1 radical (unpaired) electrons.